The first-order valence-electron chi connectivity index (χ1n) is 6.08. The van der Waals surface area contributed by atoms with Crippen LogP contribution in [0.4, 0.5) is 0 Å². The molecule has 0 aliphatic rings. The molecule has 0 saturated carbocycles. The highest BCUT2D eigenvalue weighted by Gasteiger charge is 2.10. The van der Waals surface area contributed by atoms with Crippen molar-refractivity contribution < 1.29 is 38.4 Å². The molecule has 0 saturated heterocycles. The van der Waals surface area contributed by atoms with Crippen LogP contribution < -0.4 is 0 Å². The Bertz CT molecular complexity index is 315. The lowest BCUT2D eigenvalue weighted by Gasteiger charge is -2.04. The number of carbonyl (C=O) groups is 4. The van der Waals surface area contributed by atoms with Crippen molar-refractivity contribution in [1.82, 2.24) is 0 Å². The first kappa shape index (κ1) is 17.9. The molecule has 0 radical (unpaired) electrons. The van der Waals surface area contributed by atoms with Crippen molar-refractivity contribution in [3.05, 3.63) is 0 Å². The highest BCUT2D eigenvalue weighted by Crippen LogP contribution is 1.98. The molecule has 0 amide bonds. The van der Waals surface area contributed by atoms with Crippen LogP contribution in [-0.4, -0.2) is 37.1 Å². The quantitative estimate of drug-likeness (QED) is 0.278. The molecule has 0 atom stereocenters. The topological polar surface area (TPSA) is 105 Å². The van der Waals surface area contributed by atoms with E-state index in [1.54, 1.807) is 0 Å². The zero-order valence-electron chi connectivity index (χ0n) is 11.5. The summed E-state index contributed by atoms with van der Waals surface area (Å²) in [6, 6.07) is 0. The Hall–Kier alpha value is -2.12. The maximum atomic E-state index is 11.1. The van der Waals surface area contributed by atoms with Crippen LogP contribution in [0.1, 0.15) is 39.5 Å². The molecule has 0 spiro atoms. The van der Waals surface area contributed by atoms with Gasteiger partial charge in [0, 0.05) is 13.8 Å². The fourth-order valence-electron chi connectivity index (χ4n) is 1.04. The van der Waals surface area contributed by atoms with Crippen LogP contribution in [0.15, 0.2) is 0 Å². The van der Waals surface area contributed by atoms with E-state index < -0.39 is 23.9 Å². The molecule has 0 aromatic rings. The Kier molecular flexibility index (Phi) is 9.63. The molecule has 0 aliphatic carbocycles. The number of rotatable bonds is 8. The van der Waals surface area contributed by atoms with Gasteiger partial charge in [-0.2, -0.15) is 0 Å². The summed E-state index contributed by atoms with van der Waals surface area (Å²) in [5, 5.41) is 0. The first-order chi connectivity index (χ1) is 9.41. The van der Waals surface area contributed by atoms with Crippen LogP contribution >= 0.6 is 0 Å². The molecule has 114 valence electrons. The van der Waals surface area contributed by atoms with Crippen LogP contribution in [0, 0.1) is 0 Å². The third-order valence-corrected chi connectivity index (χ3v) is 1.89. The zero-order chi connectivity index (χ0) is 15.4. The molecular formula is C12H18O8. The van der Waals surface area contributed by atoms with E-state index in [1.807, 2.05) is 0 Å². The van der Waals surface area contributed by atoms with E-state index in [0.29, 0.717) is 0 Å². The summed E-state index contributed by atoms with van der Waals surface area (Å²) in [6.07, 6.45) is 0.493. The standard InChI is InChI=1S/C12H18O8/c1-9(13)17-7-3-5-11(15)19-20-12(16)6-4-8-18-10(2)14/h3-8H2,1-2H3. The number of hydrogen-bond acceptors (Lipinski definition) is 8. The van der Waals surface area contributed by atoms with Crippen molar-refractivity contribution in [3.8, 4) is 0 Å². The van der Waals surface area contributed by atoms with Gasteiger partial charge in [-0.25, -0.2) is 19.4 Å². The van der Waals surface area contributed by atoms with Gasteiger partial charge in [-0.15, -0.1) is 0 Å². The Morgan fingerprint density at radius 3 is 1.35 bits per heavy atom. The summed E-state index contributed by atoms with van der Waals surface area (Å²) in [5.74, 6) is -2.33. The molecule has 0 N–H and O–H groups in total. The zero-order valence-corrected chi connectivity index (χ0v) is 11.5. The SMILES string of the molecule is CC(=O)OCCCC(=O)OOC(=O)CCCOC(C)=O. The lowest BCUT2D eigenvalue weighted by molar-refractivity contribution is -0.259. The number of hydrogen-bond donors (Lipinski definition) is 0. The van der Waals surface area contributed by atoms with Crippen LogP contribution in [0.3, 0.4) is 0 Å². The Labute approximate surface area is 116 Å². The third-order valence-electron chi connectivity index (χ3n) is 1.89. The van der Waals surface area contributed by atoms with Gasteiger partial charge >= 0.3 is 23.9 Å². The van der Waals surface area contributed by atoms with Gasteiger partial charge in [-0.3, -0.25) is 9.59 Å². The van der Waals surface area contributed by atoms with Gasteiger partial charge in [0.15, 0.2) is 0 Å². The van der Waals surface area contributed by atoms with Gasteiger partial charge in [0.05, 0.1) is 26.1 Å². The van der Waals surface area contributed by atoms with Crippen LogP contribution in [0.2, 0.25) is 0 Å². The monoisotopic (exact) mass is 290 g/mol. The van der Waals surface area contributed by atoms with Gasteiger partial charge in [0.25, 0.3) is 0 Å². The summed E-state index contributed by atoms with van der Waals surface area (Å²) in [7, 11) is 0. The molecule has 0 rings (SSSR count). The van der Waals surface area contributed by atoms with E-state index in [1.165, 1.54) is 13.8 Å². The van der Waals surface area contributed by atoms with Crippen molar-refractivity contribution in [2.45, 2.75) is 39.5 Å². The van der Waals surface area contributed by atoms with E-state index in [2.05, 4.69) is 19.2 Å². The lowest BCUT2D eigenvalue weighted by Crippen LogP contribution is -2.13. The summed E-state index contributed by atoms with van der Waals surface area (Å²) < 4.78 is 9.21. The van der Waals surface area contributed by atoms with Crippen molar-refractivity contribution >= 4 is 23.9 Å². The number of esters is 2. The molecule has 0 fully saturated rings. The van der Waals surface area contributed by atoms with Gasteiger partial charge in [0.2, 0.25) is 0 Å². The van der Waals surface area contributed by atoms with E-state index >= 15 is 0 Å². The molecule has 0 aromatic heterocycles. The number of carbonyl (C=O) groups excluding carboxylic acids is 4. The minimum Gasteiger partial charge on any atom is -0.466 e. The van der Waals surface area contributed by atoms with Gasteiger partial charge in [-0.1, -0.05) is 0 Å². The second kappa shape index (κ2) is 10.8. The van der Waals surface area contributed by atoms with Gasteiger partial charge in [0.1, 0.15) is 0 Å². The van der Waals surface area contributed by atoms with Crippen molar-refractivity contribution in [1.29, 1.82) is 0 Å². The predicted molar refractivity (Wildman–Crippen MR) is 63.9 cm³/mol. The Balaban J connectivity index is 3.50. The molecule has 0 heterocycles. The summed E-state index contributed by atoms with van der Waals surface area (Å²) in [5.41, 5.74) is 0. The summed E-state index contributed by atoms with van der Waals surface area (Å²) >= 11 is 0. The van der Waals surface area contributed by atoms with Gasteiger partial charge < -0.3 is 9.47 Å². The molecule has 8 nitrogen and oxygen atoms in total. The Morgan fingerprint density at radius 2 is 1.05 bits per heavy atom. The maximum absolute atomic E-state index is 11.1. The van der Waals surface area contributed by atoms with Gasteiger partial charge in [-0.05, 0) is 12.8 Å². The fraction of sp³-hybridized carbons (Fsp3) is 0.667. The molecule has 0 unspecified atom stereocenters. The van der Waals surface area contributed by atoms with E-state index in [9.17, 15) is 19.2 Å². The average Bonchev–Trinajstić information content (AvgIpc) is 2.37. The maximum Gasteiger partial charge on any atom is 0.355 e. The molecule has 8 heteroatoms. The highest BCUT2D eigenvalue weighted by molar-refractivity contribution is 5.73. The normalized spacial score (nSPS) is 9.50. The molecule has 0 aromatic carbocycles. The molecule has 0 bridgehead atoms. The molecule has 20 heavy (non-hydrogen) atoms. The number of ether oxygens (including phenoxy) is 2. The van der Waals surface area contributed by atoms with Crippen molar-refractivity contribution in [3.63, 3.8) is 0 Å². The van der Waals surface area contributed by atoms with Crippen molar-refractivity contribution in [2.24, 2.45) is 0 Å². The largest absolute Gasteiger partial charge is 0.466 e. The Morgan fingerprint density at radius 1 is 0.700 bits per heavy atom. The predicted octanol–water partition coefficient (Wildman–Crippen LogP) is 0.674. The minimum absolute atomic E-state index is 0.0337. The van der Waals surface area contributed by atoms with Crippen molar-refractivity contribution in [2.75, 3.05) is 13.2 Å². The smallest absolute Gasteiger partial charge is 0.355 e. The average molecular weight is 290 g/mol. The van der Waals surface area contributed by atoms with E-state index in [-0.39, 0.29) is 38.9 Å². The third kappa shape index (κ3) is 12.3. The lowest BCUT2D eigenvalue weighted by atomic mass is 10.3. The summed E-state index contributed by atoms with van der Waals surface area (Å²) in [6.45, 7) is 2.72. The molecular weight excluding hydrogens is 272 g/mol. The van der Waals surface area contributed by atoms with E-state index in [4.69, 9.17) is 0 Å². The van der Waals surface area contributed by atoms with Crippen LogP contribution in [0.25, 0.3) is 0 Å². The fourth-order valence-corrected chi connectivity index (χ4v) is 1.04. The second-order valence-electron chi connectivity index (χ2n) is 3.80. The molecule has 0 aliphatic heterocycles. The van der Waals surface area contributed by atoms with Crippen LogP contribution in [0.5, 0.6) is 0 Å². The second-order valence-corrected chi connectivity index (χ2v) is 3.80. The first-order valence-corrected chi connectivity index (χ1v) is 6.08. The van der Waals surface area contributed by atoms with E-state index in [0.717, 1.165) is 0 Å². The van der Waals surface area contributed by atoms with Crippen LogP contribution in [-0.2, 0) is 38.4 Å². The highest BCUT2D eigenvalue weighted by atomic mass is 17.2. The minimum atomic E-state index is -0.731. The summed E-state index contributed by atoms with van der Waals surface area (Å²) in [4.78, 5) is 51.6.